The molecule has 122 valence electrons. The summed E-state index contributed by atoms with van der Waals surface area (Å²) in [7, 11) is 1.54. The molecule has 0 radical (unpaired) electrons. The van der Waals surface area contributed by atoms with Crippen molar-refractivity contribution in [2.24, 2.45) is 0 Å². The van der Waals surface area contributed by atoms with E-state index < -0.39 is 11.5 Å². The van der Waals surface area contributed by atoms with E-state index in [9.17, 15) is 9.59 Å². The van der Waals surface area contributed by atoms with E-state index in [4.69, 9.17) is 20.8 Å². The topological polar surface area (TPSA) is 68.5 Å². The molecule has 1 N–H and O–H groups in total. The number of halogens is 1. The molecule has 1 heterocycles. The Kier molecular flexibility index (Phi) is 4.53. The Morgan fingerprint density at radius 3 is 2.62 bits per heavy atom. The maximum absolute atomic E-state index is 12.3. The van der Waals surface area contributed by atoms with Crippen LogP contribution in [0.1, 0.15) is 15.9 Å². The summed E-state index contributed by atoms with van der Waals surface area (Å²) >= 11 is 5.82. The van der Waals surface area contributed by atoms with Gasteiger partial charge in [-0.1, -0.05) is 23.7 Å². The Balaban J connectivity index is 1.84. The molecule has 5 nitrogen and oxygen atoms in total. The summed E-state index contributed by atoms with van der Waals surface area (Å²) in [4.78, 5) is 24.3. The fraction of sp³-hybridized carbons (Fsp3) is 0.111. The Bertz CT molecular complexity index is 947. The zero-order valence-electron chi connectivity index (χ0n) is 12.8. The summed E-state index contributed by atoms with van der Waals surface area (Å²) in [5.41, 5.74) is 0.542. The average Bonchev–Trinajstić information content (AvgIpc) is 2.60. The standard InChI is InChI=1S/C18H14ClNO4/c1-23-14-6-7-16-12(8-14)9-15(18(22)24-16)17(21)20-10-11-2-4-13(19)5-3-11/h2-9H,10H2,1H3,(H,20,21). The smallest absolute Gasteiger partial charge is 0.349 e. The van der Waals surface area contributed by atoms with Gasteiger partial charge in [-0.05, 0) is 42.0 Å². The molecule has 0 bridgehead atoms. The number of rotatable bonds is 4. The fourth-order valence-electron chi connectivity index (χ4n) is 2.27. The van der Waals surface area contributed by atoms with Gasteiger partial charge in [0.05, 0.1) is 7.11 Å². The Morgan fingerprint density at radius 2 is 1.92 bits per heavy atom. The summed E-state index contributed by atoms with van der Waals surface area (Å²) < 4.78 is 10.3. The van der Waals surface area contributed by atoms with Gasteiger partial charge in [0, 0.05) is 17.0 Å². The van der Waals surface area contributed by atoms with E-state index in [1.54, 1.807) is 49.6 Å². The van der Waals surface area contributed by atoms with Gasteiger partial charge in [-0.2, -0.15) is 0 Å². The molecule has 0 fully saturated rings. The van der Waals surface area contributed by atoms with Crippen LogP contribution in [0.25, 0.3) is 11.0 Å². The van der Waals surface area contributed by atoms with Crippen LogP contribution in [0.15, 0.2) is 57.7 Å². The Hall–Kier alpha value is -2.79. The van der Waals surface area contributed by atoms with Crippen molar-refractivity contribution in [1.29, 1.82) is 0 Å². The normalized spacial score (nSPS) is 10.6. The minimum absolute atomic E-state index is 0.0512. The second-order valence-corrected chi connectivity index (χ2v) is 5.60. The number of hydrogen-bond acceptors (Lipinski definition) is 4. The average molecular weight is 344 g/mol. The second-order valence-electron chi connectivity index (χ2n) is 5.16. The van der Waals surface area contributed by atoms with Crippen molar-refractivity contribution in [2.45, 2.75) is 6.54 Å². The number of methoxy groups -OCH3 is 1. The number of fused-ring (bicyclic) bond motifs is 1. The number of carbonyl (C=O) groups is 1. The van der Waals surface area contributed by atoms with E-state index in [1.807, 2.05) is 0 Å². The van der Waals surface area contributed by atoms with Crippen molar-refractivity contribution < 1.29 is 13.9 Å². The molecule has 0 aliphatic carbocycles. The van der Waals surface area contributed by atoms with Gasteiger partial charge in [0.25, 0.3) is 5.91 Å². The Labute approximate surface area is 142 Å². The quantitative estimate of drug-likeness (QED) is 0.737. The highest BCUT2D eigenvalue weighted by molar-refractivity contribution is 6.30. The highest BCUT2D eigenvalue weighted by atomic mass is 35.5. The third kappa shape index (κ3) is 3.41. The Morgan fingerprint density at radius 1 is 1.17 bits per heavy atom. The molecular formula is C18H14ClNO4. The van der Waals surface area contributed by atoms with Gasteiger partial charge in [0.15, 0.2) is 0 Å². The summed E-state index contributed by atoms with van der Waals surface area (Å²) in [6.45, 7) is 0.283. The van der Waals surface area contributed by atoms with E-state index >= 15 is 0 Å². The monoisotopic (exact) mass is 343 g/mol. The summed E-state index contributed by atoms with van der Waals surface area (Å²) in [5.74, 6) is 0.118. The van der Waals surface area contributed by atoms with E-state index in [-0.39, 0.29) is 12.1 Å². The van der Waals surface area contributed by atoms with Crippen LogP contribution in [0.5, 0.6) is 5.75 Å². The van der Waals surface area contributed by atoms with Crippen molar-refractivity contribution in [1.82, 2.24) is 5.32 Å². The molecule has 0 unspecified atom stereocenters. The maximum atomic E-state index is 12.3. The van der Waals surface area contributed by atoms with Gasteiger partial charge in [0.2, 0.25) is 0 Å². The SMILES string of the molecule is COc1ccc2oc(=O)c(C(=O)NCc3ccc(Cl)cc3)cc2c1. The molecule has 3 rings (SSSR count). The molecule has 3 aromatic rings. The summed E-state index contributed by atoms with van der Waals surface area (Å²) in [6, 6.07) is 13.6. The molecular weight excluding hydrogens is 330 g/mol. The molecule has 0 spiro atoms. The molecule has 0 atom stereocenters. The molecule has 24 heavy (non-hydrogen) atoms. The molecule has 6 heteroatoms. The van der Waals surface area contributed by atoms with Crippen LogP contribution in [0.2, 0.25) is 5.02 Å². The van der Waals surface area contributed by atoms with Gasteiger partial charge in [-0.25, -0.2) is 4.79 Å². The van der Waals surface area contributed by atoms with Gasteiger partial charge < -0.3 is 14.5 Å². The molecule has 2 aromatic carbocycles. The number of nitrogens with one attached hydrogen (secondary N) is 1. The van der Waals surface area contributed by atoms with E-state index in [0.717, 1.165) is 5.56 Å². The van der Waals surface area contributed by atoms with E-state index in [1.165, 1.54) is 6.07 Å². The second kappa shape index (κ2) is 6.76. The van der Waals surface area contributed by atoms with Gasteiger partial charge in [-0.3, -0.25) is 4.79 Å². The third-order valence-electron chi connectivity index (χ3n) is 3.55. The molecule has 0 saturated heterocycles. The van der Waals surface area contributed by atoms with Crippen molar-refractivity contribution >= 4 is 28.5 Å². The van der Waals surface area contributed by atoms with Crippen molar-refractivity contribution in [3.63, 3.8) is 0 Å². The van der Waals surface area contributed by atoms with Crippen molar-refractivity contribution in [3.05, 3.63) is 75.1 Å². The lowest BCUT2D eigenvalue weighted by molar-refractivity contribution is 0.0947. The fourth-order valence-corrected chi connectivity index (χ4v) is 2.39. The van der Waals surface area contributed by atoms with Crippen LogP contribution in [0.4, 0.5) is 0 Å². The first-order valence-corrected chi connectivity index (χ1v) is 7.59. The minimum atomic E-state index is -0.679. The third-order valence-corrected chi connectivity index (χ3v) is 3.80. The van der Waals surface area contributed by atoms with Crippen LogP contribution in [-0.2, 0) is 6.54 Å². The van der Waals surface area contributed by atoms with Gasteiger partial charge in [-0.15, -0.1) is 0 Å². The lowest BCUT2D eigenvalue weighted by Gasteiger charge is -2.06. The lowest BCUT2D eigenvalue weighted by atomic mass is 10.1. The summed E-state index contributed by atoms with van der Waals surface area (Å²) in [6.07, 6.45) is 0. The highest BCUT2D eigenvalue weighted by Gasteiger charge is 2.14. The van der Waals surface area contributed by atoms with Crippen molar-refractivity contribution in [3.8, 4) is 5.75 Å². The highest BCUT2D eigenvalue weighted by Crippen LogP contribution is 2.20. The summed E-state index contributed by atoms with van der Waals surface area (Å²) in [5, 5.41) is 3.93. The number of amides is 1. The first kappa shape index (κ1) is 16.1. The van der Waals surface area contributed by atoms with Crippen LogP contribution in [0.3, 0.4) is 0 Å². The van der Waals surface area contributed by atoms with Crippen LogP contribution < -0.4 is 15.7 Å². The zero-order chi connectivity index (χ0) is 17.1. The van der Waals surface area contributed by atoms with Crippen molar-refractivity contribution in [2.75, 3.05) is 7.11 Å². The first-order valence-electron chi connectivity index (χ1n) is 7.21. The maximum Gasteiger partial charge on any atom is 0.349 e. The predicted octanol–water partition coefficient (Wildman–Crippen LogP) is 3.39. The first-order chi connectivity index (χ1) is 11.6. The molecule has 0 aliphatic rings. The van der Waals surface area contributed by atoms with Crippen LogP contribution in [0, 0.1) is 0 Å². The molecule has 0 saturated carbocycles. The zero-order valence-corrected chi connectivity index (χ0v) is 13.6. The number of hydrogen-bond donors (Lipinski definition) is 1. The molecule has 1 aromatic heterocycles. The van der Waals surface area contributed by atoms with Gasteiger partial charge in [0.1, 0.15) is 16.9 Å². The van der Waals surface area contributed by atoms with E-state index in [0.29, 0.717) is 21.7 Å². The minimum Gasteiger partial charge on any atom is -0.497 e. The number of ether oxygens (including phenoxy) is 1. The largest absolute Gasteiger partial charge is 0.497 e. The lowest BCUT2D eigenvalue weighted by Crippen LogP contribution is -2.27. The van der Waals surface area contributed by atoms with E-state index in [2.05, 4.69) is 5.32 Å². The molecule has 1 amide bonds. The van der Waals surface area contributed by atoms with Gasteiger partial charge >= 0.3 is 5.63 Å². The predicted molar refractivity (Wildman–Crippen MR) is 91.7 cm³/mol. The number of carbonyl (C=O) groups excluding carboxylic acids is 1. The van der Waals surface area contributed by atoms with Crippen LogP contribution in [-0.4, -0.2) is 13.0 Å². The molecule has 0 aliphatic heterocycles. The number of benzene rings is 2. The van der Waals surface area contributed by atoms with Crippen LogP contribution >= 0.6 is 11.6 Å².